The highest BCUT2D eigenvalue weighted by molar-refractivity contribution is 6.30. The normalized spacial score (nSPS) is 22.2. The van der Waals surface area contributed by atoms with E-state index in [9.17, 15) is 4.79 Å². The molecule has 1 amide bonds. The molecule has 4 rings (SSSR count). The number of allylic oxidation sites excluding steroid dienone is 1. The molecule has 0 bridgehead atoms. The van der Waals surface area contributed by atoms with Crippen molar-refractivity contribution >= 4 is 29.4 Å². The summed E-state index contributed by atoms with van der Waals surface area (Å²) in [7, 11) is 0. The molecule has 7 nitrogen and oxygen atoms in total. The molecule has 32 heavy (non-hydrogen) atoms. The van der Waals surface area contributed by atoms with Crippen LogP contribution in [0.5, 0.6) is 5.88 Å². The van der Waals surface area contributed by atoms with E-state index in [1.54, 1.807) is 30.6 Å². The number of rotatable bonds is 7. The maximum Gasteiger partial charge on any atom is 0.273 e. The fourth-order valence-electron chi connectivity index (χ4n) is 4.08. The molecular formula is C24H26ClN5O2. The third-order valence-electron chi connectivity index (χ3n) is 5.88. The minimum Gasteiger partial charge on any atom is -0.475 e. The van der Waals surface area contributed by atoms with Crippen molar-refractivity contribution in [1.29, 1.82) is 0 Å². The van der Waals surface area contributed by atoms with Gasteiger partial charge in [-0.15, -0.1) is 0 Å². The maximum atomic E-state index is 13.7. The second-order valence-electron chi connectivity index (χ2n) is 8.19. The number of piperidine rings is 1. The summed E-state index contributed by atoms with van der Waals surface area (Å²) < 4.78 is 5.91. The van der Waals surface area contributed by atoms with Crippen LogP contribution < -0.4 is 10.5 Å². The van der Waals surface area contributed by atoms with Crippen molar-refractivity contribution in [3.05, 3.63) is 71.3 Å². The maximum absolute atomic E-state index is 13.7. The average molecular weight is 452 g/mol. The number of amides is 1. The van der Waals surface area contributed by atoms with Gasteiger partial charge in [0.25, 0.3) is 5.91 Å². The van der Waals surface area contributed by atoms with Crippen LogP contribution in [0.2, 0.25) is 5.02 Å². The summed E-state index contributed by atoms with van der Waals surface area (Å²) in [6, 6.07) is 7.10. The Hall–Kier alpha value is -3.19. The van der Waals surface area contributed by atoms with Gasteiger partial charge in [0.05, 0.1) is 16.8 Å². The molecular weight excluding hydrogens is 426 g/mol. The first-order valence-corrected chi connectivity index (χ1v) is 11.0. The van der Waals surface area contributed by atoms with Crippen LogP contribution >= 0.6 is 11.6 Å². The van der Waals surface area contributed by atoms with E-state index in [1.165, 1.54) is 6.20 Å². The van der Waals surface area contributed by atoms with Gasteiger partial charge in [-0.05, 0) is 62.1 Å². The zero-order valence-electron chi connectivity index (χ0n) is 17.9. The lowest BCUT2D eigenvalue weighted by Gasteiger charge is -2.35. The van der Waals surface area contributed by atoms with Crippen molar-refractivity contribution in [2.75, 3.05) is 13.2 Å². The van der Waals surface area contributed by atoms with E-state index in [4.69, 9.17) is 22.1 Å². The second-order valence-corrected chi connectivity index (χ2v) is 8.62. The van der Waals surface area contributed by atoms with Crippen LogP contribution in [0.1, 0.15) is 34.6 Å². The Balaban J connectivity index is 1.56. The molecule has 1 saturated heterocycles. The van der Waals surface area contributed by atoms with Gasteiger partial charge < -0.3 is 15.4 Å². The van der Waals surface area contributed by atoms with Gasteiger partial charge in [-0.2, -0.15) is 0 Å². The van der Waals surface area contributed by atoms with Gasteiger partial charge in [-0.25, -0.2) is 9.97 Å². The van der Waals surface area contributed by atoms with Crippen LogP contribution in [0.3, 0.4) is 0 Å². The van der Waals surface area contributed by atoms with Gasteiger partial charge in [0.15, 0.2) is 0 Å². The molecule has 3 heterocycles. The predicted octanol–water partition coefficient (Wildman–Crippen LogP) is 3.88. The van der Waals surface area contributed by atoms with Crippen molar-refractivity contribution in [3.8, 4) is 5.88 Å². The number of carbonyl (C=O) groups is 1. The number of aryl methyl sites for hydroxylation is 1. The zero-order valence-corrected chi connectivity index (χ0v) is 18.7. The summed E-state index contributed by atoms with van der Waals surface area (Å²) in [5, 5.41) is 0.551. The number of hydrogen-bond acceptors (Lipinski definition) is 6. The van der Waals surface area contributed by atoms with E-state index >= 15 is 0 Å². The topological polar surface area (TPSA) is 93.7 Å². The molecule has 3 atom stereocenters. The van der Waals surface area contributed by atoms with Crippen LogP contribution in [-0.4, -0.2) is 46.2 Å². The summed E-state index contributed by atoms with van der Waals surface area (Å²) in [6.07, 6.45) is 8.14. The standard InChI is InChI=1S/C24H26ClN5O2/c1-15-4-6-21(16(2)27-9-3-8-26)23(29-15)24(31)30-13-18-10-17(18)11-20(30)14-32-22-7-5-19(25)12-28-22/h3-9,12,17-18,20H,2,10-11,13-14,26H2,1H3/b8-3-,27-9?/t17-,18+,20+/m1/s1. The van der Waals surface area contributed by atoms with Crippen LogP contribution in [0, 0.1) is 18.8 Å². The van der Waals surface area contributed by atoms with E-state index in [1.807, 2.05) is 24.0 Å². The second kappa shape index (κ2) is 9.53. The number of hydrogen-bond donors (Lipinski definition) is 1. The third kappa shape index (κ3) is 4.99. The number of carbonyl (C=O) groups excluding carboxylic acids is 1. The molecule has 1 saturated carbocycles. The molecule has 2 aliphatic rings. The fourth-order valence-corrected chi connectivity index (χ4v) is 4.19. The zero-order chi connectivity index (χ0) is 22.7. The first-order valence-electron chi connectivity index (χ1n) is 10.6. The highest BCUT2D eigenvalue weighted by Gasteiger charge is 2.47. The Morgan fingerprint density at radius 3 is 2.94 bits per heavy atom. The van der Waals surface area contributed by atoms with Gasteiger partial charge in [-0.3, -0.25) is 9.79 Å². The van der Waals surface area contributed by atoms with Gasteiger partial charge in [0.1, 0.15) is 12.3 Å². The molecule has 2 aromatic rings. The van der Waals surface area contributed by atoms with Crippen LogP contribution in [-0.2, 0) is 0 Å². The lowest BCUT2D eigenvalue weighted by atomic mass is 10.0. The molecule has 2 fully saturated rings. The van der Waals surface area contributed by atoms with Crippen molar-refractivity contribution in [2.24, 2.45) is 22.6 Å². The lowest BCUT2D eigenvalue weighted by Crippen LogP contribution is -2.48. The summed E-state index contributed by atoms with van der Waals surface area (Å²) in [5.74, 6) is 1.56. The molecule has 0 radical (unpaired) electrons. The van der Waals surface area contributed by atoms with Gasteiger partial charge in [0, 0.05) is 36.3 Å². The molecule has 0 unspecified atom stereocenters. The molecule has 8 heteroatoms. The van der Waals surface area contributed by atoms with Gasteiger partial charge >= 0.3 is 0 Å². The largest absolute Gasteiger partial charge is 0.475 e. The van der Waals surface area contributed by atoms with Crippen LogP contribution in [0.4, 0.5) is 0 Å². The Morgan fingerprint density at radius 2 is 2.19 bits per heavy atom. The summed E-state index contributed by atoms with van der Waals surface area (Å²) in [6.45, 7) is 6.94. The van der Waals surface area contributed by atoms with Crippen molar-refractivity contribution in [1.82, 2.24) is 14.9 Å². The summed E-state index contributed by atoms with van der Waals surface area (Å²) >= 11 is 5.91. The number of ether oxygens (including phenoxy) is 1. The van der Waals surface area contributed by atoms with Gasteiger partial charge in [-0.1, -0.05) is 18.2 Å². The molecule has 2 N–H and O–H groups in total. The van der Waals surface area contributed by atoms with Crippen molar-refractivity contribution in [3.63, 3.8) is 0 Å². The third-order valence-corrected chi connectivity index (χ3v) is 6.10. The van der Waals surface area contributed by atoms with E-state index in [0.29, 0.717) is 52.8 Å². The number of nitrogens with two attached hydrogens (primary N) is 1. The quantitative estimate of drug-likeness (QED) is 0.644. The molecule has 0 spiro atoms. The minimum absolute atomic E-state index is 0.0594. The van der Waals surface area contributed by atoms with E-state index in [-0.39, 0.29) is 11.9 Å². The average Bonchev–Trinajstić information content (AvgIpc) is 3.56. The number of halogens is 1. The smallest absolute Gasteiger partial charge is 0.273 e. The van der Waals surface area contributed by atoms with E-state index in [0.717, 1.165) is 18.5 Å². The predicted molar refractivity (Wildman–Crippen MR) is 126 cm³/mol. The van der Waals surface area contributed by atoms with Crippen LogP contribution in [0.25, 0.3) is 5.70 Å². The number of nitrogens with zero attached hydrogens (tertiary/aromatic N) is 4. The summed E-state index contributed by atoms with van der Waals surface area (Å²) in [4.78, 5) is 28.6. The van der Waals surface area contributed by atoms with Crippen molar-refractivity contribution in [2.45, 2.75) is 25.8 Å². The minimum atomic E-state index is -0.127. The molecule has 2 aromatic heterocycles. The Morgan fingerprint density at radius 1 is 1.34 bits per heavy atom. The molecule has 0 aromatic carbocycles. The molecule has 166 valence electrons. The number of aliphatic imine (C=N–C) groups is 1. The number of likely N-dealkylation sites (tertiary alicyclic amines) is 1. The monoisotopic (exact) mass is 451 g/mol. The Labute approximate surface area is 192 Å². The van der Waals surface area contributed by atoms with Crippen LogP contribution in [0.15, 0.2) is 54.3 Å². The molecule has 1 aliphatic heterocycles. The highest BCUT2D eigenvalue weighted by Crippen LogP contribution is 2.47. The number of pyridine rings is 2. The van der Waals surface area contributed by atoms with Gasteiger partial charge in [0.2, 0.25) is 5.88 Å². The summed E-state index contributed by atoms with van der Waals surface area (Å²) in [5.41, 5.74) is 7.55. The lowest BCUT2D eigenvalue weighted by molar-refractivity contribution is 0.0502. The van der Waals surface area contributed by atoms with Crippen molar-refractivity contribution < 1.29 is 9.53 Å². The Bertz CT molecular complexity index is 1070. The molecule has 1 aliphatic carbocycles. The Kier molecular flexibility index (Phi) is 6.55. The SMILES string of the molecule is C=C(N=C/C=C\N)c1ccc(C)nc1C(=O)N1C[C@@H]2C[C@@H]2C[C@H]1COc1ccc(Cl)cn1. The first kappa shape index (κ1) is 22.0. The fraction of sp³-hybridized carbons (Fsp3) is 0.333. The van der Waals surface area contributed by atoms with E-state index in [2.05, 4.69) is 21.5 Å². The first-order chi connectivity index (χ1) is 15.5. The number of fused-ring (bicyclic) bond motifs is 1. The van der Waals surface area contributed by atoms with E-state index < -0.39 is 0 Å². The number of aromatic nitrogens is 2. The highest BCUT2D eigenvalue weighted by atomic mass is 35.5.